The number of alkyl halides is 1. The number of carbonyl (C=O) groups is 2. The lowest BCUT2D eigenvalue weighted by Gasteiger charge is -2.21. The van der Waals surface area contributed by atoms with Crippen molar-refractivity contribution in [2.24, 2.45) is 0 Å². The van der Waals surface area contributed by atoms with Gasteiger partial charge >= 0.3 is 12.1 Å². The first-order chi connectivity index (χ1) is 11.5. The number of hydrogen-bond donors (Lipinski definition) is 1. The molecule has 2 aromatic rings. The monoisotopic (exact) mass is 391 g/mol. The van der Waals surface area contributed by atoms with Crippen molar-refractivity contribution in [2.45, 2.75) is 24.6 Å². The molecule has 0 aromatic heterocycles. The number of ether oxygens (including phenoxy) is 2. The highest BCUT2D eigenvalue weighted by Crippen LogP contribution is 2.17. The van der Waals surface area contributed by atoms with E-state index in [0.717, 1.165) is 11.1 Å². The summed E-state index contributed by atoms with van der Waals surface area (Å²) in [6.07, 6.45) is -0.713. The smallest absolute Gasteiger partial charge is 0.409 e. The minimum absolute atomic E-state index is 0.120. The fraction of sp³-hybridized carbons (Fsp3) is 0.222. The van der Waals surface area contributed by atoms with Crippen molar-refractivity contribution in [1.82, 2.24) is 5.32 Å². The van der Waals surface area contributed by atoms with Crippen molar-refractivity contribution >= 4 is 28.0 Å². The lowest BCUT2D eigenvalue weighted by atomic mass is 10.2. The number of hydrogen-bond acceptors (Lipinski definition) is 4. The molecule has 0 aliphatic carbocycles. The normalized spacial score (nSPS) is 12.8. The second-order valence-electron chi connectivity index (χ2n) is 5.25. The fourth-order valence-electron chi connectivity index (χ4n) is 1.86. The largest absolute Gasteiger partial charge is 0.458 e. The van der Waals surface area contributed by atoms with Crippen LogP contribution in [0.1, 0.15) is 18.1 Å². The average molecular weight is 392 g/mol. The molecule has 0 aliphatic rings. The van der Waals surface area contributed by atoms with Crippen molar-refractivity contribution in [1.29, 1.82) is 0 Å². The lowest BCUT2D eigenvalue weighted by molar-refractivity contribution is -0.148. The maximum absolute atomic E-state index is 12.1. The van der Waals surface area contributed by atoms with Crippen LogP contribution in [0.15, 0.2) is 60.7 Å². The molecular formula is C18H18BrNO4. The molecule has 24 heavy (non-hydrogen) atoms. The second-order valence-corrected chi connectivity index (χ2v) is 6.84. The highest BCUT2D eigenvalue weighted by atomic mass is 79.9. The van der Waals surface area contributed by atoms with Crippen LogP contribution in [0.3, 0.4) is 0 Å². The van der Waals surface area contributed by atoms with E-state index in [1.807, 2.05) is 60.7 Å². The molecule has 2 aromatic carbocycles. The Kier molecular flexibility index (Phi) is 6.37. The molecule has 1 atom stereocenters. The summed E-state index contributed by atoms with van der Waals surface area (Å²) >= 11 is 3.16. The minimum Gasteiger partial charge on any atom is -0.458 e. The molecule has 0 spiro atoms. The number of halogens is 1. The maximum atomic E-state index is 12.1. The number of nitrogens with one attached hydrogen (secondary N) is 1. The van der Waals surface area contributed by atoms with Crippen molar-refractivity contribution in [3.05, 3.63) is 71.8 Å². The third-order valence-corrected chi connectivity index (χ3v) is 3.67. The van der Waals surface area contributed by atoms with E-state index < -0.39 is 16.5 Å². The van der Waals surface area contributed by atoms with Gasteiger partial charge in [0.1, 0.15) is 13.2 Å². The van der Waals surface area contributed by atoms with Gasteiger partial charge in [-0.1, -0.05) is 60.7 Å². The maximum Gasteiger partial charge on any atom is 0.409 e. The number of benzene rings is 2. The summed E-state index contributed by atoms with van der Waals surface area (Å²) in [5, 5.41) is 2.44. The number of alkyl carbamates (subject to hydrolysis) is 1. The van der Waals surface area contributed by atoms with E-state index >= 15 is 0 Å². The first kappa shape index (κ1) is 18.0. The van der Waals surface area contributed by atoms with Gasteiger partial charge in [0, 0.05) is 0 Å². The van der Waals surface area contributed by atoms with E-state index in [4.69, 9.17) is 9.47 Å². The number of amides is 1. The van der Waals surface area contributed by atoms with Gasteiger partial charge in [0.15, 0.2) is 4.45 Å². The van der Waals surface area contributed by atoms with Crippen LogP contribution in [0.4, 0.5) is 4.79 Å². The zero-order valence-corrected chi connectivity index (χ0v) is 14.8. The Hall–Kier alpha value is -2.34. The molecule has 0 aliphatic heterocycles. The Balaban J connectivity index is 1.80. The zero-order chi connectivity index (χ0) is 17.4. The van der Waals surface area contributed by atoms with Gasteiger partial charge in [-0.2, -0.15) is 0 Å². The average Bonchev–Trinajstić information content (AvgIpc) is 2.59. The topological polar surface area (TPSA) is 64.6 Å². The van der Waals surface area contributed by atoms with Gasteiger partial charge in [0.25, 0.3) is 0 Å². The van der Waals surface area contributed by atoms with Crippen LogP contribution in [0.5, 0.6) is 0 Å². The fourth-order valence-corrected chi connectivity index (χ4v) is 2.14. The van der Waals surface area contributed by atoms with E-state index in [-0.39, 0.29) is 13.2 Å². The van der Waals surface area contributed by atoms with Crippen LogP contribution in [-0.4, -0.2) is 16.5 Å². The Labute approximate surface area is 149 Å². The molecule has 126 valence electrons. The molecule has 0 radical (unpaired) electrons. The van der Waals surface area contributed by atoms with Gasteiger partial charge in [0.2, 0.25) is 0 Å². The molecule has 5 nitrogen and oxygen atoms in total. The summed E-state index contributed by atoms with van der Waals surface area (Å²) in [6.45, 7) is 1.74. The Morgan fingerprint density at radius 2 is 1.38 bits per heavy atom. The van der Waals surface area contributed by atoms with Crippen molar-refractivity contribution in [3.63, 3.8) is 0 Å². The molecule has 1 N–H and O–H groups in total. The van der Waals surface area contributed by atoms with Gasteiger partial charge < -0.3 is 9.47 Å². The minimum atomic E-state index is -1.37. The first-order valence-electron chi connectivity index (χ1n) is 7.36. The molecule has 0 saturated carbocycles. The summed E-state index contributed by atoms with van der Waals surface area (Å²) in [7, 11) is 0. The van der Waals surface area contributed by atoms with Crippen LogP contribution in [-0.2, 0) is 27.5 Å². The summed E-state index contributed by atoms with van der Waals surface area (Å²) in [5.74, 6) is -0.608. The molecular weight excluding hydrogens is 374 g/mol. The molecule has 6 heteroatoms. The molecule has 0 fully saturated rings. The predicted octanol–water partition coefficient (Wildman–Crippen LogP) is 3.77. The Morgan fingerprint density at radius 3 is 1.88 bits per heavy atom. The highest BCUT2D eigenvalue weighted by molar-refractivity contribution is 9.10. The van der Waals surface area contributed by atoms with E-state index in [1.54, 1.807) is 0 Å². The van der Waals surface area contributed by atoms with Crippen LogP contribution in [0, 0.1) is 0 Å². The standard InChI is InChI=1S/C18H18BrNO4/c1-18(19,16(21)23-12-14-8-4-2-5-9-14)20-17(22)24-13-15-10-6-3-7-11-15/h2-11H,12-13H2,1H3,(H,20,22)/t18-/m0/s1. The summed E-state index contributed by atoms with van der Waals surface area (Å²) < 4.78 is 8.92. The van der Waals surface area contributed by atoms with Crippen LogP contribution < -0.4 is 5.32 Å². The molecule has 0 bridgehead atoms. The third-order valence-electron chi connectivity index (χ3n) is 3.15. The van der Waals surface area contributed by atoms with Crippen molar-refractivity contribution < 1.29 is 19.1 Å². The Morgan fingerprint density at radius 1 is 0.917 bits per heavy atom. The molecule has 0 unspecified atom stereocenters. The first-order valence-corrected chi connectivity index (χ1v) is 8.15. The third kappa shape index (κ3) is 5.70. The van der Waals surface area contributed by atoms with Gasteiger partial charge in [-0.25, -0.2) is 9.59 Å². The molecule has 0 heterocycles. The molecule has 1 amide bonds. The number of carbonyl (C=O) groups excluding carboxylic acids is 2. The van der Waals surface area contributed by atoms with E-state index in [9.17, 15) is 9.59 Å². The zero-order valence-electron chi connectivity index (χ0n) is 13.2. The lowest BCUT2D eigenvalue weighted by Crippen LogP contribution is -2.48. The van der Waals surface area contributed by atoms with Crippen molar-refractivity contribution in [3.8, 4) is 0 Å². The number of esters is 1. The van der Waals surface area contributed by atoms with Gasteiger partial charge in [-0.05, 0) is 34.0 Å². The highest BCUT2D eigenvalue weighted by Gasteiger charge is 2.34. The predicted molar refractivity (Wildman–Crippen MR) is 93.3 cm³/mol. The summed E-state index contributed by atoms with van der Waals surface area (Å²) in [6, 6.07) is 18.6. The SMILES string of the molecule is C[C@](Br)(NC(=O)OCc1ccccc1)C(=O)OCc1ccccc1. The van der Waals surface area contributed by atoms with Crippen molar-refractivity contribution in [2.75, 3.05) is 0 Å². The summed E-state index contributed by atoms with van der Waals surface area (Å²) in [5.41, 5.74) is 1.72. The summed E-state index contributed by atoms with van der Waals surface area (Å²) in [4.78, 5) is 23.9. The quantitative estimate of drug-likeness (QED) is 0.462. The van der Waals surface area contributed by atoms with E-state index in [1.165, 1.54) is 6.92 Å². The van der Waals surface area contributed by atoms with Gasteiger partial charge in [0.05, 0.1) is 0 Å². The van der Waals surface area contributed by atoms with E-state index in [0.29, 0.717) is 0 Å². The van der Waals surface area contributed by atoms with Crippen LogP contribution in [0.25, 0.3) is 0 Å². The number of rotatable bonds is 6. The Bertz CT molecular complexity index is 674. The molecule has 0 saturated heterocycles. The van der Waals surface area contributed by atoms with E-state index in [2.05, 4.69) is 21.2 Å². The van der Waals surface area contributed by atoms with Gasteiger partial charge in [-0.3, -0.25) is 5.32 Å². The van der Waals surface area contributed by atoms with Crippen LogP contribution in [0.2, 0.25) is 0 Å². The van der Waals surface area contributed by atoms with Gasteiger partial charge in [-0.15, -0.1) is 0 Å². The van der Waals surface area contributed by atoms with Crippen LogP contribution >= 0.6 is 15.9 Å². The molecule has 2 rings (SSSR count). The second kappa shape index (κ2) is 8.49.